The average Bonchev–Trinajstić information content (AvgIpc) is 2.94. The normalized spacial score (nSPS) is 17.2. The van der Waals surface area contributed by atoms with Crippen molar-refractivity contribution in [1.82, 2.24) is 4.90 Å². The summed E-state index contributed by atoms with van der Waals surface area (Å²) in [5, 5.41) is 0. The molecule has 0 saturated heterocycles. The summed E-state index contributed by atoms with van der Waals surface area (Å²) >= 11 is 7.87. The quantitative estimate of drug-likeness (QED) is 0.626. The summed E-state index contributed by atoms with van der Waals surface area (Å²) in [5.74, 6) is 0.816. The number of nitrogens with zero attached hydrogens (tertiary/aromatic N) is 1. The van der Waals surface area contributed by atoms with Gasteiger partial charge in [0.25, 0.3) is 10.0 Å². The van der Waals surface area contributed by atoms with Crippen molar-refractivity contribution in [3.8, 4) is 5.75 Å². The van der Waals surface area contributed by atoms with Crippen LogP contribution in [0.4, 0.5) is 5.69 Å². The van der Waals surface area contributed by atoms with Crippen LogP contribution in [0.5, 0.6) is 5.75 Å². The Kier molecular flexibility index (Phi) is 6.03. The topological polar surface area (TPSA) is 58.6 Å². The van der Waals surface area contributed by atoms with Gasteiger partial charge in [-0.05, 0) is 89.0 Å². The van der Waals surface area contributed by atoms with Crippen LogP contribution in [-0.2, 0) is 22.9 Å². The summed E-state index contributed by atoms with van der Waals surface area (Å²) in [7, 11) is 2.15. The van der Waals surface area contributed by atoms with Gasteiger partial charge in [-0.2, -0.15) is 0 Å². The monoisotopic (exact) mass is 522 g/mol. The summed E-state index contributed by atoms with van der Waals surface area (Å²) < 4.78 is 35.6. The third-order valence-corrected chi connectivity index (χ3v) is 9.73. The van der Waals surface area contributed by atoms with Crippen LogP contribution >= 0.6 is 43.2 Å². The summed E-state index contributed by atoms with van der Waals surface area (Å²) in [4.78, 5) is 2.21. The SMILES string of the molecule is COc1ccc(NS(=O)(=O)c2cc(Br)c(Br)s2)c2c1C[C@@H](N(C)C)CC2. The van der Waals surface area contributed by atoms with Gasteiger partial charge in [-0.25, -0.2) is 8.42 Å². The van der Waals surface area contributed by atoms with Gasteiger partial charge in [-0.1, -0.05) is 0 Å². The maximum absolute atomic E-state index is 12.8. The van der Waals surface area contributed by atoms with Gasteiger partial charge in [-0.15, -0.1) is 11.3 Å². The second-order valence-electron chi connectivity index (χ2n) is 6.43. The summed E-state index contributed by atoms with van der Waals surface area (Å²) in [5.41, 5.74) is 2.76. The molecule has 142 valence electrons. The molecule has 1 atom stereocenters. The lowest BCUT2D eigenvalue weighted by molar-refractivity contribution is 0.265. The van der Waals surface area contributed by atoms with Gasteiger partial charge in [-0.3, -0.25) is 4.72 Å². The van der Waals surface area contributed by atoms with Gasteiger partial charge < -0.3 is 9.64 Å². The van der Waals surface area contributed by atoms with Crippen molar-refractivity contribution in [1.29, 1.82) is 0 Å². The Morgan fingerprint density at radius 1 is 1.27 bits per heavy atom. The van der Waals surface area contributed by atoms with E-state index in [9.17, 15) is 8.42 Å². The lowest BCUT2D eigenvalue weighted by atomic mass is 9.86. The van der Waals surface area contributed by atoms with Crippen LogP contribution < -0.4 is 9.46 Å². The number of thiophene rings is 1. The zero-order chi connectivity index (χ0) is 19.1. The van der Waals surface area contributed by atoms with Gasteiger partial charge in [0.15, 0.2) is 0 Å². The van der Waals surface area contributed by atoms with Gasteiger partial charge in [0.2, 0.25) is 0 Å². The standard InChI is InChI=1S/C17H20Br2N2O3S2/c1-21(2)10-4-5-11-12(8-10)15(24-3)7-6-14(11)20-26(22,23)16-9-13(18)17(19)25-16/h6-7,9-10,20H,4-5,8H2,1-3H3/t10-/m0/s1. The number of sulfonamides is 1. The van der Waals surface area contributed by atoms with E-state index in [0.29, 0.717) is 11.7 Å². The lowest BCUT2D eigenvalue weighted by Gasteiger charge is -2.32. The molecule has 26 heavy (non-hydrogen) atoms. The summed E-state index contributed by atoms with van der Waals surface area (Å²) in [6, 6.07) is 5.67. The number of hydrogen-bond acceptors (Lipinski definition) is 5. The molecule has 2 aromatic rings. The largest absolute Gasteiger partial charge is 0.496 e. The minimum atomic E-state index is -3.64. The number of halogens is 2. The Hall–Kier alpha value is -0.610. The molecular weight excluding hydrogens is 504 g/mol. The molecule has 1 aromatic carbocycles. The molecule has 9 heteroatoms. The predicted molar refractivity (Wildman–Crippen MR) is 113 cm³/mol. The molecule has 0 spiro atoms. The lowest BCUT2D eigenvalue weighted by Crippen LogP contribution is -2.34. The fourth-order valence-electron chi connectivity index (χ4n) is 3.21. The summed E-state index contributed by atoms with van der Waals surface area (Å²) in [6.45, 7) is 0. The Morgan fingerprint density at radius 3 is 2.58 bits per heavy atom. The number of methoxy groups -OCH3 is 1. The van der Waals surface area contributed by atoms with Crippen LogP contribution in [-0.4, -0.2) is 40.6 Å². The predicted octanol–water partition coefficient (Wildman–Crippen LogP) is 4.50. The Morgan fingerprint density at radius 2 is 2.00 bits per heavy atom. The second kappa shape index (κ2) is 7.79. The molecule has 0 saturated carbocycles. The minimum Gasteiger partial charge on any atom is -0.496 e. The van der Waals surface area contributed by atoms with Gasteiger partial charge in [0.05, 0.1) is 16.6 Å². The van der Waals surface area contributed by atoms with Gasteiger partial charge in [0.1, 0.15) is 9.96 Å². The Bertz CT molecular complexity index is 907. The summed E-state index contributed by atoms with van der Waals surface area (Å²) in [6.07, 6.45) is 2.64. The Balaban J connectivity index is 1.98. The smallest absolute Gasteiger partial charge is 0.271 e. The molecule has 0 fully saturated rings. The van der Waals surface area contributed by atoms with Crippen molar-refractivity contribution >= 4 is 58.9 Å². The maximum Gasteiger partial charge on any atom is 0.271 e. The fraction of sp³-hybridized carbons (Fsp3) is 0.412. The first-order valence-corrected chi connectivity index (χ1v) is 11.9. The first-order chi connectivity index (χ1) is 12.2. The van der Waals surface area contributed by atoms with Crippen LogP contribution in [0.15, 0.2) is 30.7 Å². The highest BCUT2D eigenvalue weighted by atomic mass is 79.9. The van der Waals surface area contributed by atoms with E-state index in [0.717, 1.165) is 44.4 Å². The van der Waals surface area contributed by atoms with Gasteiger partial charge in [0, 0.05) is 16.1 Å². The van der Waals surface area contributed by atoms with Crippen molar-refractivity contribution in [2.45, 2.75) is 29.5 Å². The fourth-order valence-corrected chi connectivity index (χ4v) is 7.12. The number of hydrogen-bond donors (Lipinski definition) is 1. The molecule has 1 heterocycles. The number of anilines is 1. The first-order valence-electron chi connectivity index (χ1n) is 8.05. The zero-order valence-corrected chi connectivity index (χ0v) is 19.5. The van der Waals surface area contributed by atoms with Crippen LogP contribution in [0.2, 0.25) is 0 Å². The van der Waals surface area contributed by atoms with Crippen LogP contribution in [0.25, 0.3) is 0 Å². The van der Waals surface area contributed by atoms with E-state index in [4.69, 9.17) is 4.74 Å². The second-order valence-corrected chi connectivity index (χ2v) is 11.6. The number of ether oxygens (including phenoxy) is 1. The van der Waals surface area contributed by atoms with E-state index in [1.54, 1.807) is 19.2 Å². The Labute approximate surface area is 175 Å². The molecule has 0 unspecified atom stereocenters. The van der Waals surface area contributed by atoms with Crippen molar-refractivity contribution in [2.75, 3.05) is 25.9 Å². The third kappa shape index (κ3) is 3.96. The van der Waals surface area contributed by atoms with E-state index in [2.05, 4.69) is 55.6 Å². The highest BCUT2D eigenvalue weighted by Gasteiger charge is 2.27. The van der Waals surface area contributed by atoms with Crippen molar-refractivity contribution < 1.29 is 13.2 Å². The molecule has 1 aromatic heterocycles. The molecule has 1 aliphatic rings. The van der Waals surface area contributed by atoms with Crippen molar-refractivity contribution in [3.05, 3.63) is 37.6 Å². The molecule has 0 amide bonds. The molecule has 1 N–H and O–H groups in total. The van der Waals surface area contributed by atoms with Crippen molar-refractivity contribution in [2.24, 2.45) is 0 Å². The number of fused-ring (bicyclic) bond motifs is 1. The van der Waals surface area contributed by atoms with E-state index in [1.807, 2.05) is 6.07 Å². The van der Waals surface area contributed by atoms with E-state index in [-0.39, 0.29) is 4.21 Å². The molecule has 0 aliphatic heterocycles. The van der Waals surface area contributed by atoms with Crippen molar-refractivity contribution in [3.63, 3.8) is 0 Å². The number of likely N-dealkylation sites (N-methyl/N-ethyl adjacent to an activating group) is 1. The highest BCUT2D eigenvalue weighted by molar-refractivity contribution is 9.13. The average molecular weight is 524 g/mol. The van der Waals surface area contributed by atoms with Crippen LogP contribution in [0.1, 0.15) is 17.5 Å². The van der Waals surface area contributed by atoms with E-state index >= 15 is 0 Å². The molecule has 1 aliphatic carbocycles. The number of nitrogens with one attached hydrogen (secondary N) is 1. The molecule has 5 nitrogen and oxygen atoms in total. The highest BCUT2D eigenvalue weighted by Crippen LogP contribution is 2.39. The molecule has 0 radical (unpaired) electrons. The number of benzene rings is 1. The minimum absolute atomic E-state index is 0.266. The molecule has 3 rings (SSSR count). The zero-order valence-electron chi connectivity index (χ0n) is 14.7. The first kappa shape index (κ1) is 20.1. The van der Waals surface area contributed by atoms with E-state index in [1.165, 1.54) is 11.3 Å². The van der Waals surface area contributed by atoms with Crippen LogP contribution in [0, 0.1) is 0 Å². The number of rotatable bonds is 5. The molecular formula is C17H20Br2N2O3S2. The van der Waals surface area contributed by atoms with E-state index < -0.39 is 10.0 Å². The molecule has 0 bridgehead atoms. The van der Waals surface area contributed by atoms with Crippen LogP contribution in [0.3, 0.4) is 0 Å². The van der Waals surface area contributed by atoms with Gasteiger partial charge >= 0.3 is 0 Å². The third-order valence-electron chi connectivity index (χ3n) is 4.64. The maximum atomic E-state index is 12.8.